The Balaban J connectivity index is 2.42. The van der Waals surface area contributed by atoms with Gasteiger partial charge in [0.2, 0.25) is 11.8 Å². The smallest absolute Gasteiger partial charge is 0.248 e. The van der Waals surface area contributed by atoms with Crippen LogP contribution in [-0.4, -0.2) is 30.1 Å². The Morgan fingerprint density at radius 2 is 1.89 bits per heavy atom. The summed E-state index contributed by atoms with van der Waals surface area (Å²) in [6.07, 6.45) is 2.62. The van der Waals surface area contributed by atoms with Crippen molar-refractivity contribution in [2.24, 2.45) is 5.73 Å². The van der Waals surface area contributed by atoms with Crippen molar-refractivity contribution in [3.63, 3.8) is 0 Å². The summed E-state index contributed by atoms with van der Waals surface area (Å²) < 4.78 is 0. The molecule has 1 rings (SSSR count). The Morgan fingerprint density at radius 1 is 1.16 bits per heavy atom. The maximum atomic E-state index is 11.7. The average molecular weight is 264 g/mol. The van der Waals surface area contributed by atoms with Crippen molar-refractivity contribution in [3.8, 4) is 0 Å². The number of benzene rings is 1. The predicted octanol–water partition coefficient (Wildman–Crippen LogP) is 0.607. The quantitative estimate of drug-likeness (QED) is 0.600. The van der Waals surface area contributed by atoms with Gasteiger partial charge in [0.15, 0.2) is 0 Å². The van der Waals surface area contributed by atoms with E-state index in [1.54, 1.807) is 24.3 Å². The molecule has 0 radical (unpaired) electrons. The first kappa shape index (κ1) is 15.2. The number of nitrogens with two attached hydrogens (primary N) is 1. The molecule has 0 unspecified atom stereocenters. The van der Waals surface area contributed by atoms with Crippen molar-refractivity contribution in [2.45, 2.75) is 25.7 Å². The van der Waals surface area contributed by atoms with E-state index in [-0.39, 0.29) is 18.9 Å². The zero-order chi connectivity index (χ0) is 14.1. The summed E-state index contributed by atoms with van der Waals surface area (Å²) in [5.74, 6) is -0.649. The highest BCUT2D eigenvalue weighted by Gasteiger charge is 2.10. The summed E-state index contributed by atoms with van der Waals surface area (Å²) in [5.41, 5.74) is 6.28. The fourth-order valence-corrected chi connectivity index (χ4v) is 1.79. The van der Waals surface area contributed by atoms with E-state index in [2.05, 4.69) is 5.32 Å². The molecule has 0 saturated carbocycles. The van der Waals surface area contributed by atoms with Crippen molar-refractivity contribution >= 4 is 11.8 Å². The number of amides is 2. The molecule has 2 amide bonds. The largest absolute Gasteiger partial charge is 0.396 e. The van der Waals surface area contributed by atoms with E-state index in [1.807, 2.05) is 0 Å². The Bertz CT molecular complexity index is 432. The summed E-state index contributed by atoms with van der Waals surface area (Å²) >= 11 is 0. The molecule has 5 nitrogen and oxygen atoms in total. The first-order chi connectivity index (χ1) is 9.15. The third-order valence-corrected chi connectivity index (χ3v) is 2.79. The third kappa shape index (κ3) is 5.52. The normalized spacial score (nSPS) is 10.2. The number of hydrogen-bond acceptors (Lipinski definition) is 3. The van der Waals surface area contributed by atoms with Crippen LogP contribution in [0.2, 0.25) is 0 Å². The monoisotopic (exact) mass is 264 g/mol. The molecule has 0 aliphatic rings. The van der Waals surface area contributed by atoms with Gasteiger partial charge in [-0.3, -0.25) is 9.59 Å². The van der Waals surface area contributed by atoms with Crippen LogP contribution in [0.15, 0.2) is 24.3 Å². The van der Waals surface area contributed by atoms with E-state index < -0.39 is 5.91 Å². The van der Waals surface area contributed by atoms with Gasteiger partial charge in [0, 0.05) is 18.7 Å². The molecule has 0 aliphatic carbocycles. The summed E-state index contributed by atoms with van der Waals surface area (Å²) in [4.78, 5) is 22.9. The minimum Gasteiger partial charge on any atom is -0.396 e. The molecule has 0 fully saturated rings. The summed E-state index contributed by atoms with van der Waals surface area (Å²) in [6.45, 7) is 0.761. The van der Waals surface area contributed by atoms with Gasteiger partial charge in [-0.05, 0) is 30.9 Å². The van der Waals surface area contributed by atoms with Gasteiger partial charge < -0.3 is 16.2 Å². The fourth-order valence-electron chi connectivity index (χ4n) is 1.79. The maximum Gasteiger partial charge on any atom is 0.248 e. The molecule has 0 aliphatic heterocycles. The van der Waals surface area contributed by atoms with Crippen molar-refractivity contribution in [1.29, 1.82) is 0 Å². The second-order valence-electron chi connectivity index (χ2n) is 4.33. The number of aliphatic hydroxyl groups is 1. The molecule has 5 heteroatoms. The first-order valence-electron chi connectivity index (χ1n) is 6.40. The maximum absolute atomic E-state index is 11.7. The van der Waals surface area contributed by atoms with E-state index in [4.69, 9.17) is 10.8 Å². The summed E-state index contributed by atoms with van der Waals surface area (Å²) in [5, 5.41) is 11.4. The Hall–Kier alpha value is -1.88. The molecule has 1 aromatic rings. The van der Waals surface area contributed by atoms with Gasteiger partial charge in [0.05, 0.1) is 6.42 Å². The molecule has 0 atom stereocenters. The lowest BCUT2D eigenvalue weighted by Crippen LogP contribution is -2.27. The molecule has 0 spiro atoms. The minimum atomic E-state index is -0.522. The number of aliphatic hydroxyl groups excluding tert-OH is 1. The molecular weight excluding hydrogens is 244 g/mol. The lowest BCUT2D eigenvalue weighted by Gasteiger charge is -2.07. The highest BCUT2D eigenvalue weighted by Crippen LogP contribution is 2.08. The van der Waals surface area contributed by atoms with E-state index in [9.17, 15) is 9.59 Å². The molecular formula is C14H20N2O3. The predicted molar refractivity (Wildman–Crippen MR) is 72.6 cm³/mol. The van der Waals surface area contributed by atoms with E-state index in [1.165, 1.54) is 0 Å². The van der Waals surface area contributed by atoms with Gasteiger partial charge in [0.1, 0.15) is 0 Å². The van der Waals surface area contributed by atoms with Crippen LogP contribution >= 0.6 is 0 Å². The highest BCUT2D eigenvalue weighted by molar-refractivity contribution is 5.95. The van der Waals surface area contributed by atoms with Crippen LogP contribution in [0.5, 0.6) is 0 Å². The van der Waals surface area contributed by atoms with Crippen LogP contribution < -0.4 is 11.1 Å². The van der Waals surface area contributed by atoms with Crippen molar-refractivity contribution in [3.05, 3.63) is 35.4 Å². The number of nitrogens with one attached hydrogen (secondary N) is 1. The van der Waals surface area contributed by atoms with Crippen LogP contribution in [0.25, 0.3) is 0 Å². The second kappa shape index (κ2) is 8.26. The summed E-state index contributed by atoms with van der Waals surface area (Å²) in [7, 11) is 0. The standard InChI is InChI=1S/C14H20N2O3/c15-14(19)12-7-3-2-6-11(12)10-13(18)16-8-4-1-5-9-17/h2-3,6-7,17H,1,4-5,8-10H2,(H2,15,19)(H,16,18). The number of hydrogen-bond donors (Lipinski definition) is 3. The van der Waals surface area contributed by atoms with Crippen LogP contribution in [0, 0.1) is 0 Å². The number of unbranched alkanes of at least 4 members (excludes halogenated alkanes) is 2. The van der Waals surface area contributed by atoms with Crippen molar-refractivity contribution in [1.82, 2.24) is 5.32 Å². The van der Waals surface area contributed by atoms with E-state index >= 15 is 0 Å². The minimum absolute atomic E-state index is 0.127. The molecule has 104 valence electrons. The van der Waals surface area contributed by atoms with Crippen LogP contribution in [0.1, 0.15) is 35.2 Å². The second-order valence-corrected chi connectivity index (χ2v) is 4.33. The Labute approximate surface area is 112 Å². The lowest BCUT2D eigenvalue weighted by atomic mass is 10.0. The fraction of sp³-hybridized carbons (Fsp3) is 0.429. The third-order valence-electron chi connectivity index (χ3n) is 2.79. The SMILES string of the molecule is NC(=O)c1ccccc1CC(=O)NCCCCCO. The topological polar surface area (TPSA) is 92.4 Å². The zero-order valence-electron chi connectivity index (χ0n) is 10.9. The van der Waals surface area contributed by atoms with Crippen LogP contribution in [-0.2, 0) is 11.2 Å². The van der Waals surface area contributed by atoms with Gasteiger partial charge in [0.25, 0.3) is 0 Å². The van der Waals surface area contributed by atoms with Crippen LogP contribution in [0.4, 0.5) is 0 Å². The number of rotatable bonds is 8. The van der Waals surface area contributed by atoms with Gasteiger partial charge in [-0.1, -0.05) is 18.2 Å². The highest BCUT2D eigenvalue weighted by atomic mass is 16.2. The van der Waals surface area contributed by atoms with E-state index in [0.717, 1.165) is 19.3 Å². The summed E-state index contributed by atoms with van der Waals surface area (Å²) in [6, 6.07) is 6.84. The zero-order valence-corrected chi connectivity index (χ0v) is 10.9. The Morgan fingerprint density at radius 3 is 2.58 bits per heavy atom. The number of carbonyl (C=O) groups excluding carboxylic acids is 2. The van der Waals surface area contributed by atoms with E-state index in [0.29, 0.717) is 17.7 Å². The van der Waals surface area contributed by atoms with Gasteiger partial charge in [-0.15, -0.1) is 0 Å². The molecule has 0 saturated heterocycles. The van der Waals surface area contributed by atoms with Gasteiger partial charge in [-0.2, -0.15) is 0 Å². The Kier molecular flexibility index (Phi) is 6.60. The first-order valence-corrected chi connectivity index (χ1v) is 6.40. The van der Waals surface area contributed by atoms with Crippen LogP contribution in [0.3, 0.4) is 0 Å². The van der Waals surface area contributed by atoms with Gasteiger partial charge >= 0.3 is 0 Å². The van der Waals surface area contributed by atoms with Gasteiger partial charge in [-0.25, -0.2) is 0 Å². The molecule has 4 N–H and O–H groups in total. The number of primary amides is 1. The lowest BCUT2D eigenvalue weighted by molar-refractivity contribution is -0.120. The average Bonchev–Trinajstić information content (AvgIpc) is 2.39. The molecule has 0 heterocycles. The molecule has 19 heavy (non-hydrogen) atoms. The van der Waals surface area contributed by atoms with Crippen molar-refractivity contribution < 1.29 is 14.7 Å². The van der Waals surface area contributed by atoms with Crippen molar-refractivity contribution in [2.75, 3.05) is 13.2 Å². The number of carbonyl (C=O) groups is 2. The molecule has 0 bridgehead atoms. The molecule has 0 aromatic heterocycles. The molecule has 1 aromatic carbocycles.